The first-order valence-electron chi connectivity index (χ1n) is 13.0. The molecule has 1 aliphatic rings. The van der Waals surface area contributed by atoms with E-state index in [0.29, 0.717) is 11.8 Å². The zero-order valence-corrected chi connectivity index (χ0v) is 21.5. The van der Waals surface area contributed by atoms with E-state index in [1.807, 2.05) is 0 Å². The summed E-state index contributed by atoms with van der Waals surface area (Å²) in [5.41, 5.74) is 7.04. The summed E-state index contributed by atoms with van der Waals surface area (Å²) in [5.74, 6) is 2.31. The third-order valence-corrected chi connectivity index (χ3v) is 7.52. The second-order valence-electron chi connectivity index (χ2n) is 11.4. The van der Waals surface area contributed by atoms with Gasteiger partial charge in [0.15, 0.2) is 0 Å². The van der Waals surface area contributed by atoms with Crippen molar-refractivity contribution in [3.63, 3.8) is 0 Å². The van der Waals surface area contributed by atoms with Gasteiger partial charge in [-0.2, -0.15) is 0 Å². The van der Waals surface area contributed by atoms with E-state index in [-0.39, 0.29) is 5.41 Å². The lowest BCUT2D eigenvalue weighted by Crippen LogP contribution is -2.12. The minimum absolute atomic E-state index is 0.176. The summed E-state index contributed by atoms with van der Waals surface area (Å²) in [6.45, 7) is 13.9. The fourth-order valence-corrected chi connectivity index (χ4v) is 5.07. The van der Waals surface area contributed by atoms with Crippen molar-refractivity contribution >= 4 is 11.9 Å². The van der Waals surface area contributed by atoms with E-state index in [1.165, 1.54) is 56.1 Å². The molecule has 0 bridgehead atoms. The van der Waals surface area contributed by atoms with Crippen molar-refractivity contribution in [2.75, 3.05) is 0 Å². The van der Waals surface area contributed by atoms with E-state index in [4.69, 9.17) is 4.99 Å². The molecule has 0 N–H and O–H groups in total. The first kappa shape index (κ1) is 24.7. The summed E-state index contributed by atoms with van der Waals surface area (Å²) in [6, 6.07) is 15.7. The van der Waals surface area contributed by atoms with Gasteiger partial charge in [0, 0.05) is 6.21 Å². The van der Waals surface area contributed by atoms with Gasteiger partial charge in [-0.05, 0) is 76.8 Å². The van der Waals surface area contributed by atoms with E-state index < -0.39 is 0 Å². The van der Waals surface area contributed by atoms with Crippen LogP contribution >= 0.6 is 0 Å². The van der Waals surface area contributed by atoms with Gasteiger partial charge in [0.05, 0.1) is 5.69 Å². The molecule has 2 aromatic carbocycles. The van der Waals surface area contributed by atoms with Gasteiger partial charge in [-0.25, -0.2) is 0 Å². The zero-order valence-electron chi connectivity index (χ0n) is 21.5. The van der Waals surface area contributed by atoms with Gasteiger partial charge in [-0.3, -0.25) is 4.99 Å². The Bertz CT molecular complexity index is 858. The summed E-state index contributed by atoms with van der Waals surface area (Å²) in [6.07, 6.45) is 12.7. The number of aliphatic imine (C=N–C) groups is 1. The van der Waals surface area contributed by atoms with E-state index in [9.17, 15) is 0 Å². The van der Waals surface area contributed by atoms with Gasteiger partial charge in [0.2, 0.25) is 0 Å². The number of rotatable bonds is 6. The summed E-state index contributed by atoms with van der Waals surface area (Å²) in [5, 5.41) is 0. The van der Waals surface area contributed by atoms with Crippen LogP contribution in [0.5, 0.6) is 0 Å². The van der Waals surface area contributed by atoms with Crippen LogP contribution in [-0.2, 0) is 11.8 Å². The molecule has 2 aromatic rings. The third-order valence-electron chi connectivity index (χ3n) is 7.52. The van der Waals surface area contributed by atoms with Crippen molar-refractivity contribution in [2.45, 2.75) is 104 Å². The Morgan fingerprint density at radius 1 is 0.969 bits per heavy atom. The van der Waals surface area contributed by atoms with Gasteiger partial charge in [-0.1, -0.05) is 104 Å². The maximum atomic E-state index is 4.90. The molecule has 174 valence electrons. The molecule has 0 spiro atoms. The highest BCUT2D eigenvalue weighted by atomic mass is 14.7. The van der Waals surface area contributed by atoms with Crippen LogP contribution in [0.1, 0.15) is 115 Å². The molecular formula is C31H45N. The van der Waals surface area contributed by atoms with E-state index >= 15 is 0 Å². The molecule has 0 radical (unpaired) electrons. The van der Waals surface area contributed by atoms with Crippen LogP contribution in [0.3, 0.4) is 0 Å². The lowest BCUT2D eigenvalue weighted by Gasteiger charge is -2.26. The standard InChI is InChI=1S/C31H45N/c1-7-23(2)21-30-26(22-32-28-19-17-27(18-20-28)31(4,5)6)15-10-16-29(30)25-13-8-11-24(3)12-9-14-25/h10,15-20,22-25H,7-9,11-14,21H2,1-6H3/b32-22+. The van der Waals surface area contributed by atoms with Crippen molar-refractivity contribution < 1.29 is 0 Å². The second-order valence-corrected chi connectivity index (χ2v) is 11.4. The lowest BCUT2D eigenvalue weighted by molar-refractivity contribution is 0.377. The minimum atomic E-state index is 0.176. The minimum Gasteiger partial charge on any atom is -0.256 e. The Hall–Kier alpha value is -1.89. The summed E-state index contributed by atoms with van der Waals surface area (Å²) in [4.78, 5) is 4.90. The third kappa shape index (κ3) is 6.80. The van der Waals surface area contributed by atoms with E-state index in [0.717, 1.165) is 18.0 Å². The first-order chi connectivity index (χ1) is 15.3. The molecule has 0 aliphatic heterocycles. The van der Waals surface area contributed by atoms with E-state index in [1.54, 1.807) is 11.1 Å². The highest BCUT2D eigenvalue weighted by Crippen LogP contribution is 2.36. The number of nitrogens with zero attached hydrogens (tertiary/aromatic N) is 1. The Labute approximate surface area is 197 Å². The van der Waals surface area contributed by atoms with Crippen LogP contribution in [0, 0.1) is 11.8 Å². The van der Waals surface area contributed by atoms with Gasteiger partial charge in [-0.15, -0.1) is 0 Å². The van der Waals surface area contributed by atoms with Crippen molar-refractivity contribution in [3.8, 4) is 0 Å². The van der Waals surface area contributed by atoms with Crippen molar-refractivity contribution in [1.82, 2.24) is 0 Å². The molecule has 1 heteroatoms. The molecule has 32 heavy (non-hydrogen) atoms. The molecular weight excluding hydrogens is 386 g/mol. The monoisotopic (exact) mass is 431 g/mol. The Morgan fingerprint density at radius 3 is 2.22 bits per heavy atom. The number of hydrogen-bond donors (Lipinski definition) is 0. The summed E-state index contributed by atoms with van der Waals surface area (Å²) >= 11 is 0. The van der Waals surface area contributed by atoms with Crippen LogP contribution in [0.4, 0.5) is 5.69 Å². The highest BCUT2D eigenvalue weighted by Gasteiger charge is 2.21. The normalized spacial score (nSPS) is 21.3. The molecule has 1 saturated carbocycles. The molecule has 0 saturated heterocycles. The first-order valence-corrected chi connectivity index (χ1v) is 13.0. The van der Waals surface area contributed by atoms with Gasteiger partial charge in [0.1, 0.15) is 0 Å². The average Bonchev–Trinajstić information content (AvgIpc) is 2.75. The zero-order chi connectivity index (χ0) is 23.1. The second kappa shape index (κ2) is 11.3. The number of hydrogen-bond acceptors (Lipinski definition) is 1. The SMILES string of the molecule is CCC(C)Cc1c(/C=N/c2ccc(C(C)(C)C)cc2)cccc1C1CCCC(C)CCC1. The van der Waals surface area contributed by atoms with Crippen LogP contribution in [-0.4, -0.2) is 6.21 Å². The Morgan fingerprint density at radius 2 is 1.62 bits per heavy atom. The van der Waals surface area contributed by atoms with Gasteiger partial charge < -0.3 is 0 Å². The predicted molar refractivity (Wildman–Crippen MR) is 142 cm³/mol. The molecule has 1 atom stereocenters. The molecule has 0 heterocycles. The fourth-order valence-electron chi connectivity index (χ4n) is 5.07. The quantitative estimate of drug-likeness (QED) is 0.404. The highest BCUT2D eigenvalue weighted by molar-refractivity contribution is 5.84. The van der Waals surface area contributed by atoms with Crippen LogP contribution < -0.4 is 0 Å². The molecule has 0 amide bonds. The maximum absolute atomic E-state index is 4.90. The molecule has 3 rings (SSSR count). The summed E-state index contributed by atoms with van der Waals surface area (Å²) < 4.78 is 0. The average molecular weight is 432 g/mol. The predicted octanol–water partition coefficient (Wildman–Crippen LogP) is 9.40. The fraction of sp³-hybridized carbons (Fsp3) is 0.581. The maximum Gasteiger partial charge on any atom is 0.0630 e. The molecule has 1 unspecified atom stereocenters. The molecule has 1 fully saturated rings. The Balaban J connectivity index is 1.89. The van der Waals surface area contributed by atoms with E-state index in [2.05, 4.69) is 90.2 Å². The smallest absolute Gasteiger partial charge is 0.0630 e. The van der Waals surface area contributed by atoms with Crippen LogP contribution in [0.2, 0.25) is 0 Å². The van der Waals surface area contributed by atoms with Crippen molar-refractivity contribution in [2.24, 2.45) is 16.8 Å². The molecule has 0 aromatic heterocycles. The van der Waals surface area contributed by atoms with Crippen molar-refractivity contribution in [3.05, 3.63) is 64.7 Å². The van der Waals surface area contributed by atoms with Gasteiger partial charge >= 0.3 is 0 Å². The lowest BCUT2D eigenvalue weighted by atomic mass is 9.79. The molecule has 1 nitrogen and oxygen atoms in total. The van der Waals surface area contributed by atoms with Gasteiger partial charge in [0.25, 0.3) is 0 Å². The summed E-state index contributed by atoms with van der Waals surface area (Å²) in [7, 11) is 0. The van der Waals surface area contributed by atoms with Crippen molar-refractivity contribution in [1.29, 1.82) is 0 Å². The Kier molecular flexibility index (Phi) is 8.74. The van der Waals surface area contributed by atoms with Crippen LogP contribution in [0.15, 0.2) is 47.5 Å². The molecule has 1 aliphatic carbocycles. The van der Waals surface area contributed by atoms with Crippen LogP contribution in [0.25, 0.3) is 0 Å². The topological polar surface area (TPSA) is 12.4 Å². The number of benzene rings is 2. The largest absolute Gasteiger partial charge is 0.256 e.